The summed E-state index contributed by atoms with van der Waals surface area (Å²) in [6.07, 6.45) is 1.57. The normalized spacial score (nSPS) is 14.2. The van der Waals surface area contributed by atoms with Gasteiger partial charge in [0.05, 0.1) is 27.6 Å². The molecule has 4 aromatic heterocycles. The highest BCUT2D eigenvalue weighted by molar-refractivity contribution is 7.13. The molecule has 0 aliphatic carbocycles. The van der Waals surface area contributed by atoms with Gasteiger partial charge in [-0.25, -0.2) is 14.4 Å². The first-order chi connectivity index (χ1) is 17.8. The Morgan fingerprint density at radius 2 is 1.58 bits per heavy atom. The number of hydrogen-bond acceptors (Lipinski definition) is 8. The van der Waals surface area contributed by atoms with Crippen LogP contribution in [0, 0.1) is 0 Å². The van der Waals surface area contributed by atoms with Gasteiger partial charge < -0.3 is 9.80 Å². The van der Waals surface area contributed by atoms with Crippen molar-refractivity contribution in [1.29, 1.82) is 0 Å². The molecule has 6 aromatic rings. The number of anilines is 1. The quantitative estimate of drug-likeness (QED) is 0.370. The molecule has 0 radical (unpaired) electrons. The largest absolute Gasteiger partial charge is 0.338 e. The van der Waals surface area contributed by atoms with E-state index in [2.05, 4.69) is 25.1 Å². The molecule has 0 bridgehead atoms. The number of piperazine rings is 1. The van der Waals surface area contributed by atoms with Gasteiger partial charge in [-0.15, -0.1) is 21.5 Å². The summed E-state index contributed by atoms with van der Waals surface area (Å²) in [5, 5.41) is 12.1. The predicted octanol–water partition coefficient (Wildman–Crippen LogP) is 3.91. The first kappa shape index (κ1) is 20.9. The number of rotatable bonds is 3. The van der Waals surface area contributed by atoms with Crippen molar-refractivity contribution in [3.63, 3.8) is 0 Å². The number of nitrogens with zero attached hydrogens (tertiary/aromatic N) is 8. The van der Waals surface area contributed by atoms with Crippen LogP contribution in [0.4, 0.5) is 5.95 Å². The molecule has 0 unspecified atom stereocenters. The molecule has 5 heterocycles. The lowest BCUT2D eigenvalue weighted by Gasteiger charge is -2.35. The van der Waals surface area contributed by atoms with E-state index in [0.29, 0.717) is 31.9 Å². The van der Waals surface area contributed by atoms with Gasteiger partial charge in [0.2, 0.25) is 5.95 Å². The standard InChI is InChI=1S/C26H20N8OS/c35-25(21-16-27-19-8-3-4-9-20(19)28-21)32-11-13-33(14-12-32)26-29-18-7-2-1-6-17(18)23-30-31-24(34(23)26)22-10-5-15-36-22/h1-10,15-16H,11-14H2. The van der Waals surface area contributed by atoms with Crippen LogP contribution in [0.3, 0.4) is 0 Å². The Morgan fingerprint density at radius 1 is 0.806 bits per heavy atom. The molecule has 9 nitrogen and oxygen atoms in total. The van der Waals surface area contributed by atoms with E-state index >= 15 is 0 Å². The maximum atomic E-state index is 13.2. The highest BCUT2D eigenvalue weighted by Gasteiger charge is 2.27. The first-order valence-electron chi connectivity index (χ1n) is 11.7. The third-order valence-corrected chi connectivity index (χ3v) is 7.35. The minimum absolute atomic E-state index is 0.104. The van der Waals surface area contributed by atoms with Gasteiger partial charge in [0.15, 0.2) is 11.5 Å². The maximum absolute atomic E-state index is 13.2. The van der Waals surface area contributed by atoms with Gasteiger partial charge in [-0.3, -0.25) is 9.78 Å². The van der Waals surface area contributed by atoms with Crippen molar-refractivity contribution in [2.24, 2.45) is 0 Å². The highest BCUT2D eigenvalue weighted by atomic mass is 32.1. The lowest BCUT2D eigenvalue weighted by Crippen LogP contribution is -2.49. The van der Waals surface area contributed by atoms with Crippen LogP contribution in [0.25, 0.3) is 38.3 Å². The van der Waals surface area contributed by atoms with Crippen molar-refractivity contribution >= 4 is 50.8 Å². The van der Waals surface area contributed by atoms with E-state index in [-0.39, 0.29) is 5.91 Å². The molecule has 2 aromatic carbocycles. The third kappa shape index (κ3) is 3.37. The van der Waals surface area contributed by atoms with Gasteiger partial charge in [-0.2, -0.15) is 0 Å². The second-order valence-electron chi connectivity index (χ2n) is 8.61. The predicted molar refractivity (Wildman–Crippen MR) is 139 cm³/mol. The van der Waals surface area contributed by atoms with Gasteiger partial charge >= 0.3 is 0 Å². The topological polar surface area (TPSA) is 92.4 Å². The van der Waals surface area contributed by atoms with Crippen molar-refractivity contribution in [2.45, 2.75) is 0 Å². The van der Waals surface area contributed by atoms with Crippen LogP contribution in [-0.2, 0) is 0 Å². The molecule has 0 saturated carbocycles. The molecule has 1 fully saturated rings. The molecule has 1 saturated heterocycles. The van der Waals surface area contributed by atoms with E-state index < -0.39 is 0 Å². The smallest absolute Gasteiger partial charge is 0.274 e. The fourth-order valence-corrected chi connectivity index (χ4v) is 5.37. The summed E-state index contributed by atoms with van der Waals surface area (Å²) in [5.74, 6) is 1.46. The van der Waals surface area contributed by atoms with E-state index in [0.717, 1.165) is 44.2 Å². The summed E-state index contributed by atoms with van der Waals surface area (Å²) in [5.41, 5.74) is 3.52. The molecular weight excluding hydrogens is 472 g/mol. The van der Waals surface area contributed by atoms with Crippen LogP contribution < -0.4 is 4.90 Å². The highest BCUT2D eigenvalue weighted by Crippen LogP contribution is 2.30. The molecule has 36 heavy (non-hydrogen) atoms. The molecule has 0 N–H and O–H groups in total. The number of hydrogen-bond donors (Lipinski definition) is 0. The number of carbonyl (C=O) groups is 1. The number of carbonyl (C=O) groups excluding carboxylic acids is 1. The van der Waals surface area contributed by atoms with Gasteiger partial charge in [-0.1, -0.05) is 30.3 Å². The Kier molecular flexibility index (Phi) is 4.84. The average Bonchev–Trinajstić information content (AvgIpc) is 3.63. The first-order valence-corrected chi connectivity index (χ1v) is 12.6. The van der Waals surface area contributed by atoms with Gasteiger partial charge in [-0.05, 0) is 35.7 Å². The van der Waals surface area contributed by atoms with Crippen LogP contribution in [0.2, 0.25) is 0 Å². The Bertz CT molecular complexity index is 1740. The number of fused-ring (bicyclic) bond motifs is 4. The zero-order valence-electron chi connectivity index (χ0n) is 19.2. The monoisotopic (exact) mass is 492 g/mol. The van der Waals surface area contributed by atoms with Crippen LogP contribution in [0.5, 0.6) is 0 Å². The average molecular weight is 493 g/mol. The summed E-state index contributed by atoms with van der Waals surface area (Å²) in [4.78, 5) is 32.2. The van der Waals surface area contributed by atoms with Gasteiger partial charge in [0.25, 0.3) is 5.91 Å². The maximum Gasteiger partial charge on any atom is 0.274 e. The summed E-state index contributed by atoms with van der Waals surface area (Å²) >= 11 is 1.62. The van der Waals surface area contributed by atoms with E-state index in [1.54, 1.807) is 17.5 Å². The molecule has 7 rings (SSSR count). The second kappa shape index (κ2) is 8.35. The van der Waals surface area contributed by atoms with Gasteiger partial charge in [0.1, 0.15) is 5.69 Å². The summed E-state index contributed by atoms with van der Waals surface area (Å²) in [6.45, 7) is 2.38. The molecule has 176 valence electrons. The van der Waals surface area contributed by atoms with Crippen LogP contribution in [0.15, 0.2) is 72.2 Å². The van der Waals surface area contributed by atoms with Crippen molar-refractivity contribution in [3.8, 4) is 10.7 Å². The fourth-order valence-electron chi connectivity index (χ4n) is 4.68. The van der Waals surface area contributed by atoms with Crippen molar-refractivity contribution in [3.05, 3.63) is 77.9 Å². The lowest BCUT2D eigenvalue weighted by atomic mass is 10.2. The summed E-state index contributed by atoms with van der Waals surface area (Å²) in [7, 11) is 0. The Labute approximate surface area is 209 Å². The summed E-state index contributed by atoms with van der Waals surface area (Å²) < 4.78 is 2.04. The number of para-hydroxylation sites is 3. The van der Waals surface area contributed by atoms with Crippen molar-refractivity contribution in [2.75, 3.05) is 31.1 Å². The van der Waals surface area contributed by atoms with Crippen LogP contribution >= 0.6 is 11.3 Å². The van der Waals surface area contributed by atoms with Gasteiger partial charge in [0, 0.05) is 31.6 Å². The molecule has 1 aliphatic heterocycles. The van der Waals surface area contributed by atoms with E-state index in [9.17, 15) is 4.79 Å². The number of benzene rings is 2. The molecule has 1 aliphatic rings. The Hall–Kier alpha value is -4.44. The molecule has 0 spiro atoms. The zero-order valence-corrected chi connectivity index (χ0v) is 20.0. The molecule has 0 atom stereocenters. The van der Waals surface area contributed by atoms with E-state index in [1.165, 1.54) is 0 Å². The van der Waals surface area contributed by atoms with E-state index in [4.69, 9.17) is 4.98 Å². The number of aromatic nitrogens is 6. The fraction of sp³-hybridized carbons (Fsp3) is 0.154. The summed E-state index contributed by atoms with van der Waals surface area (Å²) in [6, 6.07) is 19.6. The van der Waals surface area contributed by atoms with E-state index in [1.807, 2.05) is 75.3 Å². The zero-order chi connectivity index (χ0) is 24.1. The Balaban J connectivity index is 1.22. The third-order valence-electron chi connectivity index (χ3n) is 6.49. The minimum atomic E-state index is -0.104. The molecule has 1 amide bonds. The second-order valence-corrected chi connectivity index (χ2v) is 9.56. The lowest BCUT2D eigenvalue weighted by molar-refractivity contribution is 0.0740. The van der Waals surface area contributed by atoms with Crippen LogP contribution in [-0.4, -0.2) is 66.5 Å². The Morgan fingerprint density at radius 3 is 2.39 bits per heavy atom. The van der Waals surface area contributed by atoms with Crippen molar-refractivity contribution in [1.82, 2.24) is 34.4 Å². The molecular formula is C26H20N8OS. The number of thiophene rings is 1. The molecule has 10 heteroatoms. The van der Waals surface area contributed by atoms with Crippen molar-refractivity contribution < 1.29 is 4.79 Å². The minimum Gasteiger partial charge on any atom is -0.338 e. The SMILES string of the molecule is O=C(c1cnc2ccccc2n1)N1CCN(c2nc3ccccc3c3nnc(-c4cccs4)n23)CC1. The van der Waals surface area contributed by atoms with Crippen LogP contribution in [0.1, 0.15) is 10.5 Å². The number of amides is 1.